The van der Waals surface area contributed by atoms with Crippen molar-refractivity contribution < 1.29 is 9.53 Å². The summed E-state index contributed by atoms with van der Waals surface area (Å²) in [6.45, 7) is 6.67. The standard InChI is InChI=1S/C20H27N5O2/c1-14(26)23-8-7-17-16(11-23)20(21-25(17)15-12-27-13-15)24-10-9-22(2)18-5-3-4-6-19(18)24/h3-6,15-17H,7-13H2,1-2H3. The molecule has 1 amide bonds. The van der Waals surface area contributed by atoms with Gasteiger partial charge in [-0.15, -0.1) is 0 Å². The summed E-state index contributed by atoms with van der Waals surface area (Å²) in [6, 6.07) is 9.29. The number of para-hydroxylation sites is 2. The molecule has 0 spiro atoms. The van der Waals surface area contributed by atoms with Crippen molar-refractivity contribution in [3.05, 3.63) is 24.3 Å². The number of benzene rings is 1. The van der Waals surface area contributed by atoms with Gasteiger partial charge in [0, 0.05) is 40.2 Å². The van der Waals surface area contributed by atoms with Gasteiger partial charge in [-0.05, 0) is 18.6 Å². The molecule has 27 heavy (non-hydrogen) atoms. The summed E-state index contributed by atoms with van der Waals surface area (Å²) in [4.78, 5) is 18.7. The van der Waals surface area contributed by atoms with Crippen LogP contribution in [-0.4, -0.2) is 80.2 Å². The van der Waals surface area contributed by atoms with E-state index in [0.717, 1.165) is 51.6 Å². The highest BCUT2D eigenvalue weighted by atomic mass is 16.5. The number of likely N-dealkylation sites (N-methyl/N-ethyl adjacent to an activating group) is 1. The van der Waals surface area contributed by atoms with Crippen LogP contribution in [0, 0.1) is 5.92 Å². The fourth-order valence-electron chi connectivity index (χ4n) is 4.79. The molecule has 144 valence electrons. The normalized spacial score (nSPS) is 27.9. The van der Waals surface area contributed by atoms with E-state index in [1.807, 2.05) is 4.90 Å². The summed E-state index contributed by atoms with van der Waals surface area (Å²) < 4.78 is 5.44. The quantitative estimate of drug-likeness (QED) is 0.745. The molecule has 1 aromatic rings. The molecule has 2 unspecified atom stereocenters. The first kappa shape index (κ1) is 16.9. The van der Waals surface area contributed by atoms with E-state index in [1.54, 1.807) is 6.92 Å². The smallest absolute Gasteiger partial charge is 0.219 e. The number of anilines is 2. The van der Waals surface area contributed by atoms with Gasteiger partial charge in [-0.3, -0.25) is 9.80 Å². The maximum atomic E-state index is 12.0. The van der Waals surface area contributed by atoms with Crippen LogP contribution < -0.4 is 9.80 Å². The maximum absolute atomic E-state index is 12.0. The van der Waals surface area contributed by atoms with E-state index < -0.39 is 0 Å². The Balaban J connectivity index is 1.51. The molecule has 7 nitrogen and oxygen atoms in total. The second-order valence-electron chi connectivity index (χ2n) is 8.02. The Bertz CT molecular complexity index is 777. The van der Waals surface area contributed by atoms with Gasteiger partial charge in [0.2, 0.25) is 5.91 Å². The summed E-state index contributed by atoms with van der Waals surface area (Å²) in [5.74, 6) is 1.55. The molecule has 0 radical (unpaired) electrons. The molecule has 0 bridgehead atoms. The van der Waals surface area contributed by atoms with Gasteiger partial charge in [-0.1, -0.05) is 12.1 Å². The Morgan fingerprint density at radius 2 is 1.93 bits per heavy atom. The van der Waals surface area contributed by atoms with Crippen molar-refractivity contribution in [2.45, 2.75) is 25.4 Å². The zero-order valence-corrected chi connectivity index (χ0v) is 16.0. The van der Waals surface area contributed by atoms with Gasteiger partial charge >= 0.3 is 0 Å². The molecule has 5 rings (SSSR count). The Morgan fingerprint density at radius 3 is 2.63 bits per heavy atom. The first-order valence-corrected chi connectivity index (χ1v) is 9.91. The lowest BCUT2D eigenvalue weighted by Gasteiger charge is -2.43. The van der Waals surface area contributed by atoms with E-state index in [1.165, 1.54) is 11.4 Å². The Morgan fingerprint density at radius 1 is 1.15 bits per heavy atom. The number of carbonyl (C=O) groups excluding carboxylic acids is 1. The number of piperidine rings is 1. The molecule has 0 aromatic heterocycles. The van der Waals surface area contributed by atoms with Crippen molar-refractivity contribution >= 4 is 23.1 Å². The van der Waals surface area contributed by atoms with Crippen LogP contribution in [-0.2, 0) is 9.53 Å². The number of carbonyl (C=O) groups is 1. The minimum atomic E-state index is 0.164. The highest BCUT2D eigenvalue weighted by Gasteiger charge is 2.47. The van der Waals surface area contributed by atoms with E-state index >= 15 is 0 Å². The predicted molar refractivity (Wildman–Crippen MR) is 105 cm³/mol. The fourth-order valence-corrected chi connectivity index (χ4v) is 4.79. The molecule has 7 heteroatoms. The summed E-state index contributed by atoms with van der Waals surface area (Å²) in [5, 5.41) is 7.43. The lowest BCUT2D eigenvalue weighted by molar-refractivity contribution is -0.132. The van der Waals surface area contributed by atoms with Crippen molar-refractivity contribution in [3.63, 3.8) is 0 Å². The molecule has 1 aromatic carbocycles. The van der Waals surface area contributed by atoms with Crippen LogP contribution in [0.25, 0.3) is 0 Å². The second kappa shape index (κ2) is 6.41. The summed E-state index contributed by atoms with van der Waals surface area (Å²) in [7, 11) is 2.14. The van der Waals surface area contributed by atoms with E-state index in [2.05, 4.69) is 46.1 Å². The number of fused-ring (bicyclic) bond motifs is 2. The minimum Gasteiger partial charge on any atom is -0.377 e. The number of rotatable bonds is 1. The monoisotopic (exact) mass is 369 g/mol. The number of likely N-dealkylation sites (tertiary alicyclic amines) is 1. The zero-order chi connectivity index (χ0) is 18.5. The van der Waals surface area contributed by atoms with Crippen molar-refractivity contribution in [3.8, 4) is 0 Å². The van der Waals surface area contributed by atoms with Gasteiger partial charge in [0.15, 0.2) is 0 Å². The van der Waals surface area contributed by atoms with Crippen LogP contribution in [0.5, 0.6) is 0 Å². The molecule has 0 saturated carbocycles. The highest BCUT2D eigenvalue weighted by Crippen LogP contribution is 2.39. The van der Waals surface area contributed by atoms with Gasteiger partial charge in [-0.25, -0.2) is 0 Å². The molecule has 4 heterocycles. The third-order valence-electron chi connectivity index (χ3n) is 6.42. The predicted octanol–water partition coefficient (Wildman–Crippen LogP) is 1.21. The fraction of sp³-hybridized carbons (Fsp3) is 0.600. The van der Waals surface area contributed by atoms with Crippen molar-refractivity contribution in [2.75, 3.05) is 56.2 Å². The molecule has 2 atom stereocenters. The first-order chi connectivity index (χ1) is 13.1. The number of hydrazone groups is 1. The van der Waals surface area contributed by atoms with Gasteiger partial charge < -0.3 is 19.4 Å². The zero-order valence-electron chi connectivity index (χ0n) is 16.0. The third kappa shape index (κ3) is 2.67. The number of amides is 1. The van der Waals surface area contributed by atoms with Crippen LogP contribution in [0.2, 0.25) is 0 Å². The van der Waals surface area contributed by atoms with Crippen LogP contribution in [0.1, 0.15) is 13.3 Å². The van der Waals surface area contributed by atoms with Crippen LogP contribution in [0.15, 0.2) is 29.4 Å². The molecule has 2 fully saturated rings. The third-order valence-corrected chi connectivity index (χ3v) is 6.42. The topological polar surface area (TPSA) is 51.6 Å². The lowest BCUT2D eigenvalue weighted by atomic mass is 9.90. The van der Waals surface area contributed by atoms with Crippen molar-refractivity contribution in [1.29, 1.82) is 0 Å². The molecular weight excluding hydrogens is 342 g/mol. The van der Waals surface area contributed by atoms with Crippen LogP contribution in [0.3, 0.4) is 0 Å². The Labute approximate surface area is 160 Å². The average molecular weight is 369 g/mol. The van der Waals surface area contributed by atoms with Gasteiger partial charge in [0.25, 0.3) is 0 Å². The number of ether oxygens (including phenoxy) is 1. The number of amidine groups is 1. The summed E-state index contributed by atoms with van der Waals surface area (Å²) in [5.41, 5.74) is 2.46. The average Bonchev–Trinajstić information content (AvgIpc) is 2.99. The van der Waals surface area contributed by atoms with Gasteiger partial charge in [0.1, 0.15) is 5.84 Å². The van der Waals surface area contributed by atoms with Crippen LogP contribution >= 0.6 is 0 Å². The van der Waals surface area contributed by atoms with Crippen molar-refractivity contribution in [1.82, 2.24) is 9.91 Å². The minimum absolute atomic E-state index is 0.164. The second-order valence-corrected chi connectivity index (χ2v) is 8.02. The SMILES string of the molecule is CC(=O)N1CCC2C(C1)C(N1CCN(C)c3ccccc31)=NN2C1COC1. The Hall–Kier alpha value is -2.28. The summed E-state index contributed by atoms with van der Waals surface area (Å²) >= 11 is 0. The molecule has 4 aliphatic rings. The largest absolute Gasteiger partial charge is 0.377 e. The highest BCUT2D eigenvalue weighted by molar-refractivity contribution is 6.04. The van der Waals surface area contributed by atoms with E-state index in [9.17, 15) is 4.79 Å². The first-order valence-electron chi connectivity index (χ1n) is 9.91. The number of hydrogen-bond donors (Lipinski definition) is 0. The number of nitrogens with zero attached hydrogens (tertiary/aromatic N) is 5. The van der Waals surface area contributed by atoms with E-state index in [4.69, 9.17) is 9.84 Å². The number of hydrogen-bond acceptors (Lipinski definition) is 6. The van der Waals surface area contributed by atoms with Crippen LogP contribution in [0.4, 0.5) is 11.4 Å². The van der Waals surface area contributed by atoms with E-state index in [0.29, 0.717) is 12.1 Å². The van der Waals surface area contributed by atoms with Gasteiger partial charge in [0.05, 0.1) is 42.6 Å². The van der Waals surface area contributed by atoms with E-state index in [-0.39, 0.29) is 11.8 Å². The van der Waals surface area contributed by atoms with Crippen molar-refractivity contribution in [2.24, 2.45) is 11.0 Å². The molecular formula is C20H27N5O2. The molecule has 0 N–H and O–H groups in total. The molecule has 4 aliphatic heterocycles. The Kier molecular flexibility index (Phi) is 4.00. The molecule has 2 saturated heterocycles. The lowest BCUT2D eigenvalue weighted by Crippen LogP contribution is -2.56. The molecule has 0 aliphatic carbocycles. The van der Waals surface area contributed by atoms with Gasteiger partial charge in [-0.2, -0.15) is 5.10 Å². The summed E-state index contributed by atoms with van der Waals surface area (Å²) in [6.07, 6.45) is 0.975. The maximum Gasteiger partial charge on any atom is 0.219 e.